The van der Waals surface area contributed by atoms with Crippen LogP contribution in [-0.4, -0.2) is 44.3 Å². The van der Waals surface area contributed by atoms with Crippen LogP contribution in [0.1, 0.15) is 32.3 Å². The Hall–Kier alpha value is -1.26. The number of hydrogen-bond donors (Lipinski definition) is 1. The van der Waals surface area contributed by atoms with E-state index >= 15 is 0 Å². The van der Waals surface area contributed by atoms with Crippen LogP contribution in [0.3, 0.4) is 0 Å². The summed E-state index contributed by atoms with van der Waals surface area (Å²) < 4.78 is 10.8. The van der Waals surface area contributed by atoms with Crippen molar-refractivity contribution in [1.82, 2.24) is 10.2 Å². The van der Waals surface area contributed by atoms with Gasteiger partial charge in [0.2, 0.25) is 0 Å². The summed E-state index contributed by atoms with van der Waals surface area (Å²) >= 11 is 0. The average molecular weight is 292 g/mol. The van der Waals surface area contributed by atoms with Crippen LogP contribution in [0.25, 0.3) is 0 Å². The summed E-state index contributed by atoms with van der Waals surface area (Å²) in [6, 6.07) is 7.29. The van der Waals surface area contributed by atoms with E-state index in [0.29, 0.717) is 12.1 Å². The maximum Gasteiger partial charge on any atom is 0.127 e. The standard InChI is InChI=1S/C17H28N2O2/c1-5-14-12-19(15(6-2)10-18-14)11-13-7-8-16(20-3)9-17(13)21-4/h7-9,14-15,18H,5-6,10-12H2,1-4H3. The molecular weight excluding hydrogens is 264 g/mol. The lowest BCUT2D eigenvalue weighted by atomic mass is 10.0. The van der Waals surface area contributed by atoms with Gasteiger partial charge in [-0.25, -0.2) is 0 Å². The fourth-order valence-electron chi connectivity index (χ4n) is 3.00. The van der Waals surface area contributed by atoms with E-state index in [0.717, 1.165) is 31.1 Å². The van der Waals surface area contributed by atoms with Crippen LogP contribution in [0.4, 0.5) is 0 Å². The second kappa shape index (κ2) is 7.66. The molecule has 0 bridgehead atoms. The van der Waals surface area contributed by atoms with Crippen molar-refractivity contribution in [3.63, 3.8) is 0 Å². The van der Waals surface area contributed by atoms with E-state index in [-0.39, 0.29) is 0 Å². The van der Waals surface area contributed by atoms with E-state index in [4.69, 9.17) is 9.47 Å². The van der Waals surface area contributed by atoms with Gasteiger partial charge in [-0.05, 0) is 18.9 Å². The lowest BCUT2D eigenvalue weighted by molar-refractivity contribution is 0.116. The van der Waals surface area contributed by atoms with E-state index < -0.39 is 0 Å². The molecule has 1 N–H and O–H groups in total. The Kier molecular flexibility index (Phi) is 5.88. The molecule has 0 saturated carbocycles. The lowest BCUT2D eigenvalue weighted by Crippen LogP contribution is -2.55. The first-order chi connectivity index (χ1) is 10.2. The predicted molar refractivity (Wildman–Crippen MR) is 86.1 cm³/mol. The van der Waals surface area contributed by atoms with Gasteiger partial charge < -0.3 is 14.8 Å². The first-order valence-electron chi connectivity index (χ1n) is 7.90. The van der Waals surface area contributed by atoms with E-state index in [1.165, 1.54) is 18.4 Å². The van der Waals surface area contributed by atoms with Crippen molar-refractivity contribution >= 4 is 0 Å². The fraction of sp³-hybridized carbons (Fsp3) is 0.647. The molecule has 1 fully saturated rings. The van der Waals surface area contributed by atoms with Crippen LogP contribution < -0.4 is 14.8 Å². The third-order valence-electron chi connectivity index (χ3n) is 4.45. The molecule has 0 radical (unpaired) electrons. The van der Waals surface area contributed by atoms with Crippen molar-refractivity contribution in [2.45, 2.75) is 45.3 Å². The zero-order valence-electron chi connectivity index (χ0n) is 13.7. The maximum atomic E-state index is 5.53. The van der Waals surface area contributed by atoms with Gasteiger partial charge in [-0.2, -0.15) is 0 Å². The second-order valence-corrected chi connectivity index (χ2v) is 5.68. The normalized spacial score (nSPS) is 23.0. The summed E-state index contributed by atoms with van der Waals surface area (Å²) in [5, 5.41) is 3.64. The predicted octanol–water partition coefficient (Wildman–Crippen LogP) is 2.67. The molecule has 2 unspecified atom stereocenters. The minimum Gasteiger partial charge on any atom is -0.497 e. The monoisotopic (exact) mass is 292 g/mol. The summed E-state index contributed by atoms with van der Waals surface area (Å²) in [4.78, 5) is 2.58. The zero-order chi connectivity index (χ0) is 15.2. The highest BCUT2D eigenvalue weighted by Crippen LogP contribution is 2.27. The fourth-order valence-corrected chi connectivity index (χ4v) is 3.00. The van der Waals surface area contributed by atoms with Crippen LogP contribution in [0, 0.1) is 0 Å². The minimum absolute atomic E-state index is 0.594. The van der Waals surface area contributed by atoms with Crippen molar-refractivity contribution in [2.75, 3.05) is 27.3 Å². The van der Waals surface area contributed by atoms with Crippen molar-refractivity contribution < 1.29 is 9.47 Å². The first-order valence-corrected chi connectivity index (χ1v) is 7.90. The van der Waals surface area contributed by atoms with Gasteiger partial charge in [0, 0.05) is 43.3 Å². The number of benzene rings is 1. The summed E-state index contributed by atoms with van der Waals surface area (Å²) in [6.45, 7) is 7.62. The largest absolute Gasteiger partial charge is 0.497 e. The Morgan fingerprint density at radius 3 is 2.62 bits per heavy atom. The third kappa shape index (κ3) is 3.89. The highest BCUT2D eigenvalue weighted by Gasteiger charge is 2.26. The summed E-state index contributed by atoms with van der Waals surface area (Å²) in [5.41, 5.74) is 1.23. The van der Waals surface area contributed by atoms with Gasteiger partial charge in [-0.15, -0.1) is 0 Å². The van der Waals surface area contributed by atoms with Gasteiger partial charge in [0.05, 0.1) is 14.2 Å². The topological polar surface area (TPSA) is 33.7 Å². The Morgan fingerprint density at radius 2 is 2.00 bits per heavy atom. The lowest BCUT2D eigenvalue weighted by Gasteiger charge is -2.40. The molecule has 1 aliphatic heterocycles. The maximum absolute atomic E-state index is 5.53. The van der Waals surface area contributed by atoms with Crippen LogP contribution in [0.5, 0.6) is 11.5 Å². The molecule has 1 heterocycles. The third-order valence-corrected chi connectivity index (χ3v) is 4.45. The van der Waals surface area contributed by atoms with E-state index in [9.17, 15) is 0 Å². The molecule has 118 valence electrons. The molecule has 0 amide bonds. The number of nitrogens with zero attached hydrogens (tertiary/aromatic N) is 1. The number of rotatable bonds is 6. The van der Waals surface area contributed by atoms with E-state index in [1.54, 1.807) is 14.2 Å². The number of methoxy groups -OCH3 is 2. The Labute approximate surface area is 128 Å². The molecule has 1 aromatic carbocycles. The van der Waals surface area contributed by atoms with Gasteiger partial charge in [0.25, 0.3) is 0 Å². The van der Waals surface area contributed by atoms with Gasteiger partial charge in [0.1, 0.15) is 11.5 Å². The van der Waals surface area contributed by atoms with Crippen molar-refractivity contribution in [2.24, 2.45) is 0 Å². The van der Waals surface area contributed by atoms with Crippen LogP contribution >= 0.6 is 0 Å². The van der Waals surface area contributed by atoms with Crippen LogP contribution in [0.2, 0.25) is 0 Å². The second-order valence-electron chi connectivity index (χ2n) is 5.68. The number of hydrogen-bond acceptors (Lipinski definition) is 4. The number of ether oxygens (including phenoxy) is 2. The molecule has 1 aromatic rings. The average Bonchev–Trinajstić information content (AvgIpc) is 2.55. The molecule has 1 saturated heterocycles. The van der Waals surface area contributed by atoms with Gasteiger partial charge in [0.15, 0.2) is 0 Å². The summed E-state index contributed by atoms with van der Waals surface area (Å²) in [5.74, 6) is 1.75. The van der Waals surface area contributed by atoms with Crippen LogP contribution in [0.15, 0.2) is 18.2 Å². The molecule has 0 aliphatic carbocycles. The van der Waals surface area contributed by atoms with Crippen molar-refractivity contribution in [3.8, 4) is 11.5 Å². The molecule has 21 heavy (non-hydrogen) atoms. The van der Waals surface area contributed by atoms with Gasteiger partial charge >= 0.3 is 0 Å². The SMILES string of the molecule is CCC1CN(Cc2ccc(OC)cc2OC)C(CC)CN1. The Bertz CT molecular complexity index is 450. The van der Waals surface area contributed by atoms with E-state index in [2.05, 4.69) is 30.1 Å². The zero-order valence-corrected chi connectivity index (χ0v) is 13.7. The van der Waals surface area contributed by atoms with Gasteiger partial charge in [-0.3, -0.25) is 4.90 Å². The van der Waals surface area contributed by atoms with Gasteiger partial charge in [-0.1, -0.05) is 19.9 Å². The highest BCUT2D eigenvalue weighted by molar-refractivity contribution is 5.40. The molecule has 4 nitrogen and oxygen atoms in total. The van der Waals surface area contributed by atoms with Crippen molar-refractivity contribution in [3.05, 3.63) is 23.8 Å². The Balaban J connectivity index is 2.14. The highest BCUT2D eigenvalue weighted by atomic mass is 16.5. The molecule has 4 heteroatoms. The molecule has 1 aliphatic rings. The Morgan fingerprint density at radius 1 is 1.19 bits per heavy atom. The number of piperazine rings is 1. The summed E-state index contributed by atoms with van der Waals surface area (Å²) in [7, 11) is 3.41. The van der Waals surface area contributed by atoms with E-state index in [1.807, 2.05) is 12.1 Å². The summed E-state index contributed by atoms with van der Waals surface area (Å²) in [6.07, 6.45) is 2.34. The molecule has 2 rings (SSSR count). The minimum atomic E-state index is 0.594. The first kappa shape index (κ1) is 16.1. The molecule has 0 aromatic heterocycles. The number of nitrogens with one attached hydrogen (secondary N) is 1. The quantitative estimate of drug-likeness (QED) is 0.874. The molecule has 2 atom stereocenters. The molecular formula is C17H28N2O2. The van der Waals surface area contributed by atoms with Crippen molar-refractivity contribution in [1.29, 1.82) is 0 Å². The molecule has 0 spiro atoms. The van der Waals surface area contributed by atoms with Crippen LogP contribution in [-0.2, 0) is 6.54 Å². The smallest absolute Gasteiger partial charge is 0.127 e.